The third-order valence-electron chi connectivity index (χ3n) is 3.29. The lowest BCUT2D eigenvalue weighted by atomic mass is 10.1. The summed E-state index contributed by atoms with van der Waals surface area (Å²) >= 11 is 6.18. The smallest absolute Gasteiger partial charge is 0.222 e. The minimum absolute atomic E-state index is 0.636. The highest BCUT2D eigenvalue weighted by Gasteiger charge is 2.08. The lowest BCUT2D eigenvalue weighted by molar-refractivity contribution is 0.457. The Kier molecular flexibility index (Phi) is 5.21. The van der Waals surface area contributed by atoms with Gasteiger partial charge in [-0.15, -0.1) is 0 Å². The lowest BCUT2D eigenvalue weighted by Crippen LogP contribution is -2.12. The number of rotatable bonds is 5. The molecule has 21 heavy (non-hydrogen) atoms. The molecule has 0 bridgehead atoms. The van der Waals surface area contributed by atoms with Crippen LogP contribution in [-0.2, 0) is 6.54 Å². The van der Waals surface area contributed by atoms with Gasteiger partial charge in [0.15, 0.2) is 0 Å². The van der Waals surface area contributed by atoms with Crippen LogP contribution in [0.5, 0.6) is 11.6 Å². The molecule has 0 amide bonds. The van der Waals surface area contributed by atoms with Crippen LogP contribution in [0.25, 0.3) is 0 Å². The van der Waals surface area contributed by atoms with Crippen molar-refractivity contribution in [3.63, 3.8) is 0 Å². The monoisotopic (exact) mass is 304 g/mol. The quantitative estimate of drug-likeness (QED) is 0.879. The van der Waals surface area contributed by atoms with Gasteiger partial charge in [0.25, 0.3) is 0 Å². The normalized spacial score (nSPS) is 10.7. The maximum absolute atomic E-state index is 6.18. The van der Waals surface area contributed by atoms with E-state index in [1.807, 2.05) is 39.1 Å². The Morgan fingerprint density at radius 1 is 1.10 bits per heavy atom. The molecule has 0 aliphatic heterocycles. The first-order valence-corrected chi connectivity index (χ1v) is 7.50. The summed E-state index contributed by atoms with van der Waals surface area (Å²) in [4.78, 5) is 4.41. The van der Waals surface area contributed by atoms with Gasteiger partial charge in [0.2, 0.25) is 5.88 Å². The first-order chi connectivity index (χ1) is 10.0. The highest BCUT2D eigenvalue weighted by atomic mass is 35.5. The Morgan fingerprint density at radius 3 is 2.33 bits per heavy atom. The van der Waals surface area contributed by atoms with Gasteiger partial charge in [-0.1, -0.05) is 18.5 Å². The Hall–Kier alpha value is -1.58. The van der Waals surface area contributed by atoms with Gasteiger partial charge in [-0.3, -0.25) is 0 Å². The number of pyridine rings is 1. The maximum Gasteiger partial charge on any atom is 0.222 e. The zero-order chi connectivity index (χ0) is 15.4. The Balaban J connectivity index is 2.20. The van der Waals surface area contributed by atoms with Gasteiger partial charge in [0.1, 0.15) is 5.75 Å². The fraction of sp³-hybridized carbons (Fsp3) is 0.353. The maximum atomic E-state index is 6.18. The Bertz CT molecular complexity index is 618. The van der Waals surface area contributed by atoms with Gasteiger partial charge < -0.3 is 10.1 Å². The summed E-state index contributed by atoms with van der Waals surface area (Å²) in [6.45, 7) is 9.81. The summed E-state index contributed by atoms with van der Waals surface area (Å²) in [5.41, 5.74) is 4.20. The summed E-state index contributed by atoms with van der Waals surface area (Å²) in [6.07, 6.45) is 1.85. The first-order valence-electron chi connectivity index (χ1n) is 7.12. The molecule has 1 heterocycles. The fourth-order valence-electron chi connectivity index (χ4n) is 2.17. The molecule has 0 saturated carbocycles. The molecule has 1 aromatic heterocycles. The van der Waals surface area contributed by atoms with Crippen LogP contribution in [0.2, 0.25) is 5.02 Å². The minimum Gasteiger partial charge on any atom is -0.439 e. The molecule has 0 spiro atoms. The molecule has 2 aromatic rings. The largest absolute Gasteiger partial charge is 0.439 e. The molecular weight excluding hydrogens is 284 g/mol. The van der Waals surface area contributed by atoms with E-state index in [4.69, 9.17) is 16.3 Å². The molecule has 0 atom stereocenters. The topological polar surface area (TPSA) is 34.2 Å². The van der Waals surface area contributed by atoms with Gasteiger partial charge in [0, 0.05) is 23.3 Å². The van der Waals surface area contributed by atoms with Gasteiger partial charge >= 0.3 is 0 Å². The molecule has 1 aromatic carbocycles. The summed E-state index contributed by atoms with van der Waals surface area (Å²) in [7, 11) is 0. The van der Waals surface area contributed by atoms with E-state index in [0.29, 0.717) is 5.88 Å². The van der Waals surface area contributed by atoms with Crippen molar-refractivity contribution in [2.24, 2.45) is 0 Å². The molecule has 4 heteroatoms. The highest BCUT2D eigenvalue weighted by molar-refractivity contribution is 6.32. The molecule has 0 unspecified atom stereocenters. The van der Waals surface area contributed by atoms with E-state index < -0.39 is 0 Å². The number of benzene rings is 1. The highest BCUT2D eigenvalue weighted by Crippen LogP contribution is 2.29. The standard InChI is InChI=1S/C17H21ClN2O/c1-5-19-9-14-6-13(4)17(20-10-14)21-15-7-11(2)16(18)12(3)8-15/h6-8,10,19H,5,9H2,1-4H3. The van der Waals surface area contributed by atoms with Crippen LogP contribution >= 0.6 is 11.6 Å². The zero-order valence-electron chi connectivity index (χ0n) is 13.0. The van der Waals surface area contributed by atoms with E-state index >= 15 is 0 Å². The Labute approximate surface area is 131 Å². The van der Waals surface area contributed by atoms with Crippen LogP contribution < -0.4 is 10.1 Å². The number of ether oxygens (including phenoxy) is 1. The summed E-state index contributed by atoms with van der Waals surface area (Å²) < 4.78 is 5.90. The van der Waals surface area contributed by atoms with E-state index in [9.17, 15) is 0 Å². The van der Waals surface area contributed by atoms with Crippen LogP contribution in [0.3, 0.4) is 0 Å². The van der Waals surface area contributed by atoms with Crippen molar-refractivity contribution in [1.29, 1.82) is 0 Å². The molecule has 112 valence electrons. The van der Waals surface area contributed by atoms with E-state index in [0.717, 1.165) is 46.1 Å². The number of hydrogen-bond donors (Lipinski definition) is 1. The van der Waals surface area contributed by atoms with Crippen molar-refractivity contribution < 1.29 is 4.74 Å². The number of hydrogen-bond acceptors (Lipinski definition) is 3. The van der Waals surface area contributed by atoms with Crippen molar-refractivity contribution in [3.05, 3.63) is 51.7 Å². The van der Waals surface area contributed by atoms with Gasteiger partial charge in [-0.25, -0.2) is 4.98 Å². The summed E-state index contributed by atoms with van der Waals surface area (Å²) in [5.74, 6) is 1.40. The van der Waals surface area contributed by atoms with Crippen LogP contribution in [0.15, 0.2) is 24.4 Å². The lowest BCUT2D eigenvalue weighted by Gasteiger charge is -2.11. The fourth-order valence-corrected chi connectivity index (χ4v) is 2.28. The van der Waals surface area contributed by atoms with Crippen molar-refractivity contribution >= 4 is 11.6 Å². The van der Waals surface area contributed by atoms with Crippen LogP contribution in [0.4, 0.5) is 0 Å². The van der Waals surface area contributed by atoms with E-state index in [1.165, 1.54) is 0 Å². The molecule has 0 saturated heterocycles. The van der Waals surface area contributed by atoms with Crippen molar-refractivity contribution in [1.82, 2.24) is 10.3 Å². The van der Waals surface area contributed by atoms with Gasteiger partial charge in [-0.05, 0) is 62.2 Å². The zero-order valence-corrected chi connectivity index (χ0v) is 13.7. The van der Waals surface area contributed by atoms with Crippen molar-refractivity contribution in [2.45, 2.75) is 34.2 Å². The third-order valence-corrected chi connectivity index (χ3v) is 3.89. The molecule has 3 nitrogen and oxygen atoms in total. The summed E-state index contributed by atoms with van der Waals surface area (Å²) in [6, 6.07) is 5.96. The SMILES string of the molecule is CCNCc1cnc(Oc2cc(C)c(Cl)c(C)c2)c(C)c1. The predicted molar refractivity (Wildman–Crippen MR) is 87.4 cm³/mol. The van der Waals surface area contributed by atoms with E-state index in [1.54, 1.807) is 0 Å². The van der Waals surface area contributed by atoms with Crippen LogP contribution in [0, 0.1) is 20.8 Å². The number of nitrogens with zero attached hydrogens (tertiary/aromatic N) is 1. The van der Waals surface area contributed by atoms with E-state index in [2.05, 4.69) is 23.3 Å². The predicted octanol–water partition coefficient (Wildman–Crippen LogP) is 4.56. The average molecular weight is 305 g/mol. The molecule has 0 radical (unpaired) electrons. The molecule has 0 aliphatic rings. The second-order valence-electron chi connectivity index (χ2n) is 5.22. The second-order valence-corrected chi connectivity index (χ2v) is 5.60. The molecule has 1 N–H and O–H groups in total. The average Bonchev–Trinajstić information content (AvgIpc) is 2.45. The van der Waals surface area contributed by atoms with Crippen molar-refractivity contribution in [2.75, 3.05) is 6.54 Å². The third kappa shape index (κ3) is 3.96. The van der Waals surface area contributed by atoms with Crippen LogP contribution in [-0.4, -0.2) is 11.5 Å². The van der Waals surface area contributed by atoms with Gasteiger partial charge in [0.05, 0.1) is 0 Å². The number of aryl methyl sites for hydroxylation is 3. The molecule has 0 fully saturated rings. The number of nitrogens with one attached hydrogen (secondary N) is 1. The molecular formula is C17H21ClN2O. The second kappa shape index (κ2) is 6.92. The molecule has 2 rings (SSSR count). The minimum atomic E-state index is 0.636. The van der Waals surface area contributed by atoms with Crippen molar-refractivity contribution in [3.8, 4) is 11.6 Å². The number of halogens is 1. The molecule has 0 aliphatic carbocycles. The number of aromatic nitrogens is 1. The first kappa shape index (κ1) is 15.8. The Morgan fingerprint density at radius 2 is 1.76 bits per heavy atom. The van der Waals surface area contributed by atoms with E-state index in [-0.39, 0.29) is 0 Å². The van der Waals surface area contributed by atoms with Gasteiger partial charge in [-0.2, -0.15) is 0 Å². The van der Waals surface area contributed by atoms with Crippen LogP contribution in [0.1, 0.15) is 29.2 Å². The summed E-state index contributed by atoms with van der Waals surface area (Å²) in [5, 5.41) is 4.07.